The molecule has 0 aliphatic carbocycles. The SMILES string of the molecule is CCOC(=O)c1cc(Cl)c2c(n1)CNCC2. The Morgan fingerprint density at radius 2 is 2.50 bits per heavy atom. The lowest BCUT2D eigenvalue weighted by molar-refractivity contribution is 0.0519. The van der Waals surface area contributed by atoms with E-state index in [1.807, 2.05) is 0 Å². The number of esters is 1. The summed E-state index contributed by atoms with van der Waals surface area (Å²) in [5, 5.41) is 3.80. The van der Waals surface area contributed by atoms with Gasteiger partial charge in [-0.05, 0) is 31.5 Å². The molecule has 0 saturated heterocycles. The molecule has 1 aromatic rings. The van der Waals surface area contributed by atoms with Crippen LogP contribution in [0, 0.1) is 0 Å². The van der Waals surface area contributed by atoms with Gasteiger partial charge in [-0.3, -0.25) is 0 Å². The summed E-state index contributed by atoms with van der Waals surface area (Å²) in [6.07, 6.45) is 0.851. The smallest absolute Gasteiger partial charge is 0.356 e. The Hall–Kier alpha value is -1.13. The van der Waals surface area contributed by atoms with Gasteiger partial charge in [-0.1, -0.05) is 11.6 Å². The molecule has 0 saturated carbocycles. The van der Waals surface area contributed by atoms with Crippen LogP contribution in [0.15, 0.2) is 6.07 Å². The zero-order chi connectivity index (χ0) is 11.5. The van der Waals surface area contributed by atoms with E-state index in [4.69, 9.17) is 16.3 Å². The standard InChI is InChI=1S/C11H13ClN2O2/c1-2-16-11(15)9-5-8(12)7-3-4-13-6-10(7)14-9/h5,13H,2-4,6H2,1H3. The van der Waals surface area contributed by atoms with Crippen LogP contribution in [0.2, 0.25) is 5.02 Å². The van der Waals surface area contributed by atoms with Crippen molar-refractivity contribution in [1.29, 1.82) is 0 Å². The van der Waals surface area contributed by atoms with Crippen molar-refractivity contribution in [2.75, 3.05) is 13.2 Å². The molecule has 0 radical (unpaired) electrons. The number of carbonyl (C=O) groups excluding carboxylic acids is 1. The molecule has 2 heterocycles. The number of hydrogen-bond acceptors (Lipinski definition) is 4. The highest BCUT2D eigenvalue weighted by atomic mass is 35.5. The van der Waals surface area contributed by atoms with E-state index in [1.54, 1.807) is 13.0 Å². The Balaban J connectivity index is 2.35. The zero-order valence-electron chi connectivity index (χ0n) is 9.05. The Morgan fingerprint density at radius 3 is 3.25 bits per heavy atom. The molecule has 0 fully saturated rings. The van der Waals surface area contributed by atoms with Gasteiger partial charge in [0.15, 0.2) is 0 Å². The van der Waals surface area contributed by atoms with Crippen LogP contribution in [-0.2, 0) is 17.7 Å². The molecule has 86 valence electrons. The highest BCUT2D eigenvalue weighted by molar-refractivity contribution is 6.31. The third-order valence-corrected chi connectivity index (χ3v) is 2.82. The van der Waals surface area contributed by atoms with Crippen molar-refractivity contribution >= 4 is 17.6 Å². The lowest BCUT2D eigenvalue weighted by Gasteiger charge is -2.17. The lowest BCUT2D eigenvalue weighted by atomic mass is 10.1. The fraction of sp³-hybridized carbons (Fsp3) is 0.455. The quantitative estimate of drug-likeness (QED) is 0.797. The van der Waals surface area contributed by atoms with Crippen LogP contribution in [-0.4, -0.2) is 24.1 Å². The molecule has 1 aliphatic rings. The fourth-order valence-electron chi connectivity index (χ4n) is 1.73. The van der Waals surface area contributed by atoms with Crippen molar-refractivity contribution in [3.8, 4) is 0 Å². The monoisotopic (exact) mass is 240 g/mol. The first kappa shape index (κ1) is 11.4. The Labute approximate surface area is 99.0 Å². The summed E-state index contributed by atoms with van der Waals surface area (Å²) in [6.45, 7) is 3.66. The van der Waals surface area contributed by atoms with Gasteiger partial charge in [-0.15, -0.1) is 0 Å². The number of aromatic nitrogens is 1. The van der Waals surface area contributed by atoms with Crippen molar-refractivity contribution in [2.45, 2.75) is 19.9 Å². The van der Waals surface area contributed by atoms with Gasteiger partial charge in [0.2, 0.25) is 0 Å². The molecule has 5 heteroatoms. The summed E-state index contributed by atoms with van der Waals surface area (Å²) in [6, 6.07) is 1.59. The minimum atomic E-state index is -0.419. The van der Waals surface area contributed by atoms with Crippen molar-refractivity contribution in [3.63, 3.8) is 0 Å². The molecule has 0 spiro atoms. The number of nitrogens with zero attached hydrogens (tertiary/aromatic N) is 1. The third-order valence-electron chi connectivity index (χ3n) is 2.48. The van der Waals surface area contributed by atoms with Crippen LogP contribution in [0.3, 0.4) is 0 Å². The molecule has 1 aliphatic heterocycles. The first-order valence-corrected chi connectivity index (χ1v) is 5.66. The minimum absolute atomic E-state index is 0.286. The summed E-state index contributed by atoms with van der Waals surface area (Å²) in [5.74, 6) is -0.419. The van der Waals surface area contributed by atoms with E-state index in [1.165, 1.54) is 0 Å². The first-order valence-electron chi connectivity index (χ1n) is 5.28. The lowest BCUT2D eigenvalue weighted by Crippen LogP contribution is -2.26. The van der Waals surface area contributed by atoms with Gasteiger partial charge in [0.05, 0.1) is 12.3 Å². The predicted molar refractivity (Wildman–Crippen MR) is 60.6 cm³/mol. The second-order valence-corrected chi connectivity index (χ2v) is 3.97. The van der Waals surface area contributed by atoms with E-state index >= 15 is 0 Å². The molecule has 0 bridgehead atoms. The maximum Gasteiger partial charge on any atom is 0.356 e. The second kappa shape index (κ2) is 4.80. The molecule has 0 aromatic carbocycles. The van der Waals surface area contributed by atoms with E-state index < -0.39 is 5.97 Å². The average Bonchev–Trinajstić information content (AvgIpc) is 2.29. The zero-order valence-corrected chi connectivity index (χ0v) is 9.80. The van der Waals surface area contributed by atoms with Crippen molar-refractivity contribution < 1.29 is 9.53 Å². The molecule has 2 rings (SSSR count). The van der Waals surface area contributed by atoms with Crippen LogP contribution in [0.25, 0.3) is 0 Å². The number of rotatable bonds is 2. The summed E-state index contributed by atoms with van der Waals surface area (Å²) in [7, 11) is 0. The number of ether oxygens (including phenoxy) is 1. The van der Waals surface area contributed by atoms with Gasteiger partial charge in [-0.2, -0.15) is 0 Å². The molecule has 0 unspecified atom stereocenters. The van der Waals surface area contributed by atoms with Crippen LogP contribution in [0.5, 0.6) is 0 Å². The normalized spacial score (nSPS) is 14.4. The van der Waals surface area contributed by atoms with Gasteiger partial charge >= 0.3 is 5.97 Å². The van der Waals surface area contributed by atoms with E-state index in [2.05, 4.69) is 10.3 Å². The molecular weight excluding hydrogens is 228 g/mol. The van der Waals surface area contributed by atoms with Crippen LogP contribution >= 0.6 is 11.6 Å². The van der Waals surface area contributed by atoms with Crippen LogP contribution < -0.4 is 5.32 Å². The van der Waals surface area contributed by atoms with Crippen LogP contribution in [0.4, 0.5) is 0 Å². The predicted octanol–water partition coefficient (Wildman–Crippen LogP) is 1.56. The summed E-state index contributed by atoms with van der Waals surface area (Å²) in [4.78, 5) is 15.8. The summed E-state index contributed by atoms with van der Waals surface area (Å²) >= 11 is 6.12. The molecule has 0 atom stereocenters. The molecule has 16 heavy (non-hydrogen) atoms. The minimum Gasteiger partial charge on any atom is -0.461 e. The fourth-order valence-corrected chi connectivity index (χ4v) is 2.04. The van der Waals surface area contributed by atoms with Gasteiger partial charge in [0.1, 0.15) is 5.69 Å². The Kier molecular flexibility index (Phi) is 3.41. The topological polar surface area (TPSA) is 51.2 Å². The van der Waals surface area contributed by atoms with E-state index in [0.717, 1.165) is 24.2 Å². The first-order chi connectivity index (χ1) is 7.72. The Bertz CT molecular complexity index is 421. The van der Waals surface area contributed by atoms with E-state index in [-0.39, 0.29) is 5.69 Å². The van der Waals surface area contributed by atoms with E-state index in [9.17, 15) is 4.79 Å². The third kappa shape index (κ3) is 2.18. The molecular formula is C11H13ClN2O2. The van der Waals surface area contributed by atoms with Crippen molar-refractivity contribution in [3.05, 3.63) is 28.0 Å². The van der Waals surface area contributed by atoms with Gasteiger partial charge in [0, 0.05) is 11.6 Å². The number of halogens is 1. The number of hydrogen-bond donors (Lipinski definition) is 1. The van der Waals surface area contributed by atoms with Gasteiger partial charge < -0.3 is 10.1 Å². The summed E-state index contributed by atoms with van der Waals surface area (Å²) in [5.41, 5.74) is 2.17. The van der Waals surface area contributed by atoms with Crippen molar-refractivity contribution in [2.24, 2.45) is 0 Å². The van der Waals surface area contributed by atoms with Crippen molar-refractivity contribution in [1.82, 2.24) is 10.3 Å². The largest absolute Gasteiger partial charge is 0.461 e. The number of pyridine rings is 1. The molecule has 0 amide bonds. The molecule has 4 nitrogen and oxygen atoms in total. The Morgan fingerprint density at radius 1 is 1.69 bits per heavy atom. The number of nitrogens with one attached hydrogen (secondary N) is 1. The second-order valence-electron chi connectivity index (χ2n) is 3.56. The number of fused-ring (bicyclic) bond motifs is 1. The number of carbonyl (C=O) groups is 1. The molecule has 1 aromatic heterocycles. The maximum atomic E-state index is 11.5. The summed E-state index contributed by atoms with van der Waals surface area (Å²) < 4.78 is 4.89. The molecule has 1 N–H and O–H groups in total. The van der Waals surface area contributed by atoms with Gasteiger partial charge in [-0.25, -0.2) is 9.78 Å². The highest BCUT2D eigenvalue weighted by Crippen LogP contribution is 2.23. The van der Waals surface area contributed by atoms with E-state index in [0.29, 0.717) is 18.2 Å². The van der Waals surface area contributed by atoms with Gasteiger partial charge in [0.25, 0.3) is 0 Å². The van der Waals surface area contributed by atoms with Crippen LogP contribution in [0.1, 0.15) is 28.7 Å². The average molecular weight is 241 g/mol. The maximum absolute atomic E-state index is 11.5. The highest BCUT2D eigenvalue weighted by Gasteiger charge is 2.18.